The molecule has 0 aliphatic carbocycles. The second-order valence-electron chi connectivity index (χ2n) is 6.22. The number of nitrogens with zero attached hydrogens (tertiary/aromatic N) is 2. The number of pyridine rings is 1. The molecule has 1 amide bonds. The van der Waals surface area contributed by atoms with E-state index >= 15 is 0 Å². The van der Waals surface area contributed by atoms with E-state index in [1.165, 1.54) is 0 Å². The van der Waals surface area contributed by atoms with Crippen LogP contribution in [-0.4, -0.2) is 22.8 Å². The van der Waals surface area contributed by atoms with Crippen LogP contribution in [0.5, 0.6) is 0 Å². The van der Waals surface area contributed by atoms with Gasteiger partial charge in [0.15, 0.2) is 5.76 Å². The fourth-order valence-electron chi connectivity index (χ4n) is 2.96. The lowest BCUT2D eigenvalue weighted by Crippen LogP contribution is -2.26. The van der Waals surface area contributed by atoms with Crippen LogP contribution in [0.25, 0.3) is 22.4 Å². The third-order valence-corrected chi connectivity index (χ3v) is 5.12. The van der Waals surface area contributed by atoms with Crippen molar-refractivity contribution in [3.05, 3.63) is 76.2 Å². The lowest BCUT2D eigenvalue weighted by atomic mass is 10.1. The van der Waals surface area contributed by atoms with Gasteiger partial charge in [-0.15, -0.1) is 11.3 Å². The largest absolute Gasteiger partial charge is 0.460 e. The number of furan rings is 1. The number of carbonyl (C=O) groups excluding carboxylic acids is 1. The van der Waals surface area contributed by atoms with Gasteiger partial charge in [0.1, 0.15) is 11.5 Å². The highest BCUT2D eigenvalue weighted by molar-refractivity contribution is 7.09. The zero-order valence-corrected chi connectivity index (χ0v) is 15.4. The van der Waals surface area contributed by atoms with Gasteiger partial charge in [0, 0.05) is 17.3 Å². The van der Waals surface area contributed by atoms with Gasteiger partial charge >= 0.3 is 0 Å². The molecule has 130 valence electrons. The van der Waals surface area contributed by atoms with E-state index in [9.17, 15) is 4.79 Å². The first-order valence-electron chi connectivity index (χ1n) is 8.36. The number of thiophene rings is 1. The lowest BCUT2D eigenvalue weighted by Gasteiger charge is -2.18. The minimum absolute atomic E-state index is 0.0264. The van der Waals surface area contributed by atoms with Gasteiger partial charge in [-0.1, -0.05) is 24.3 Å². The van der Waals surface area contributed by atoms with Crippen LogP contribution in [0.15, 0.2) is 64.4 Å². The molecule has 0 N–H and O–H groups in total. The summed E-state index contributed by atoms with van der Waals surface area (Å²) in [6, 6.07) is 17.4. The molecule has 0 saturated carbocycles. The molecule has 4 aromatic rings. The summed E-state index contributed by atoms with van der Waals surface area (Å²) in [7, 11) is 1.83. The van der Waals surface area contributed by atoms with Crippen LogP contribution in [0.1, 0.15) is 21.0 Å². The number of rotatable bonds is 4. The standard InChI is InChI=1S/C21H18N2O2S/c1-14-9-10-20(25-14)19-12-17(16-7-3-4-8-18(16)22-19)21(24)23(2)13-15-6-5-11-26-15/h3-12H,13H2,1-2H3. The molecule has 0 unspecified atom stereocenters. The van der Waals surface area contributed by atoms with Crippen molar-refractivity contribution in [3.8, 4) is 11.5 Å². The van der Waals surface area contributed by atoms with Crippen molar-refractivity contribution < 1.29 is 9.21 Å². The Hall–Kier alpha value is -2.92. The van der Waals surface area contributed by atoms with Crippen molar-refractivity contribution >= 4 is 28.1 Å². The molecular formula is C21H18N2O2S. The van der Waals surface area contributed by atoms with E-state index in [2.05, 4.69) is 4.98 Å². The van der Waals surface area contributed by atoms with Gasteiger partial charge in [0.2, 0.25) is 0 Å². The summed E-state index contributed by atoms with van der Waals surface area (Å²) in [6.07, 6.45) is 0. The number of aromatic nitrogens is 1. The van der Waals surface area contributed by atoms with Crippen molar-refractivity contribution in [3.63, 3.8) is 0 Å². The SMILES string of the molecule is Cc1ccc(-c2cc(C(=O)N(C)Cc3cccs3)c3ccccc3n2)o1. The van der Waals surface area contributed by atoms with Crippen LogP contribution < -0.4 is 0 Å². The molecule has 0 fully saturated rings. The molecule has 0 aliphatic heterocycles. The summed E-state index contributed by atoms with van der Waals surface area (Å²) in [5, 5.41) is 2.87. The molecule has 3 heterocycles. The van der Waals surface area contributed by atoms with Crippen LogP contribution in [0, 0.1) is 6.92 Å². The Morgan fingerprint density at radius 1 is 1.15 bits per heavy atom. The number of benzene rings is 1. The van der Waals surface area contributed by atoms with E-state index in [-0.39, 0.29) is 5.91 Å². The number of amides is 1. The van der Waals surface area contributed by atoms with E-state index in [0.29, 0.717) is 23.6 Å². The first kappa shape index (κ1) is 16.5. The van der Waals surface area contributed by atoms with Gasteiger partial charge in [-0.05, 0) is 42.6 Å². The van der Waals surface area contributed by atoms with Crippen LogP contribution in [-0.2, 0) is 6.54 Å². The van der Waals surface area contributed by atoms with Gasteiger partial charge in [-0.25, -0.2) is 4.98 Å². The fraction of sp³-hybridized carbons (Fsp3) is 0.143. The number of hydrogen-bond acceptors (Lipinski definition) is 4. The Balaban J connectivity index is 1.78. The molecule has 5 heteroatoms. The monoisotopic (exact) mass is 362 g/mol. The van der Waals surface area contributed by atoms with Gasteiger partial charge in [0.25, 0.3) is 5.91 Å². The van der Waals surface area contributed by atoms with Crippen molar-refractivity contribution in [2.75, 3.05) is 7.05 Å². The first-order chi connectivity index (χ1) is 12.6. The molecule has 1 aromatic carbocycles. The van der Waals surface area contributed by atoms with E-state index in [4.69, 9.17) is 4.42 Å². The summed E-state index contributed by atoms with van der Waals surface area (Å²) < 4.78 is 5.71. The summed E-state index contributed by atoms with van der Waals surface area (Å²) in [5.74, 6) is 1.46. The van der Waals surface area contributed by atoms with E-state index in [1.807, 2.05) is 73.9 Å². The highest BCUT2D eigenvalue weighted by Gasteiger charge is 2.18. The quantitative estimate of drug-likeness (QED) is 0.505. The smallest absolute Gasteiger partial charge is 0.254 e. The van der Waals surface area contributed by atoms with E-state index < -0.39 is 0 Å². The minimum Gasteiger partial charge on any atom is -0.460 e. The van der Waals surface area contributed by atoms with Crippen molar-refractivity contribution in [2.24, 2.45) is 0 Å². The van der Waals surface area contributed by atoms with E-state index in [1.54, 1.807) is 16.2 Å². The Morgan fingerprint density at radius 3 is 2.73 bits per heavy atom. The Labute approximate surface area is 155 Å². The second-order valence-corrected chi connectivity index (χ2v) is 7.26. The Morgan fingerprint density at radius 2 is 2.00 bits per heavy atom. The van der Waals surface area contributed by atoms with Gasteiger partial charge in [0.05, 0.1) is 17.6 Å². The maximum Gasteiger partial charge on any atom is 0.254 e. The number of fused-ring (bicyclic) bond motifs is 1. The van der Waals surface area contributed by atoms with Gasteiger partial charge in [-0.2, -0.15) is 0 Å². The molecule has 4 nitrogen and oxygen atoms in total. The molecule has 0 aliphatic rings. The number of para-hydroxylation sites is 1. The predicted octanol–water partition coefficient (Wildman–Crippen LogP) is 5.14. The lowest BCUT2D eigenvalue weighted by molar-refractivity contribution is 0.0788. The highest BCUT2D eigenvalue weighted by Crippen LogP contribution is 2.27. The minimum atomic E-state index is -0.0264. The summed E-state index contributed by atoms with van der Waals surface area (Å²) in [6.45, 7) is 2.48. The average Bonchev–Trinajstić information content (AvgIpc) is 3.32. The molecule has 26 heavy (non-hydrogen) atoms. The molecular weight excluding hydrogens is 344 g/mol. The third kappa shape index (κ3) is 3.13. The normalized spacial score (nSPS) is 11.0. The maximum atomic E-state index is 13.1. The molecule has 0 saturated heterocycles. The number of carbonyl (C=O) groups is 1. The van der Waals surface area contributed by atoms with Gasteiger partial charge < -0.3 is 9.32 Å². The first-order valence-corrected chi connectivity index (χ1v) is 9.24. The van der Waals surface area contributed by atoms with Crippen LogP contribution in [0.2, 0.25) is 0 Å². The zero-order valence-electron chi connectivity index (χ0n) is 14.6. The highest BCUT2D eigenvalue weighted by atomic mass is 32.1. The van der Waals surface area contributed by atoms with Gasteiger partial charge in [-0.3, -0.25) is 4.79 Å². The molecule has 0 bridgehead atoms. The molecule has 0 atom stereocenters. The Kier molecular flexibility index (Phi) is 4.31. The zero-order chi connectivity index (χ0) is 18.1. The Bertz CT molecular complexity index is 1070. The average molecular weight is 362 g/mol. The number of hydrogen-bond donors (Lipinski definition) is 0. The number of aryl methyl sites for hydroxylation is 1. The van der Waals surface area contributed by atoms with Crippen LogP contribution in [0.4, 0.5) is 0 Å². The van der Waals surface area contributed by atoms with Crippen LogP contribution >= 0.6 is 11.3 Å². The van der Waals surface area contributed by atoms with Crippen molar-refractivity contribution in [1.82, 2.24) is 9.88 Å². The third-order valence-electron chi connectivity index (χ3n) is 4.26. The maximum absolute atomic E-state index is 13.1. The summed E-state index contributed by atoms with van der Waals surface area (Å²) in [4.78, 5) is 20.7. The van der Waals surface area contributed by atoms with Crippen molar-refractivity contribution in [1.29, 1.82) is 0 Å². The van der Waals surface area contributed by atoms with Crippen molar-refractivity contribution in [2.45, 2.75) is 13.5 Å². The molecule has 0 spiro atoms. The van der Waals surface area contributed by atoms with E-state index in [0.717, 1.165) is 21.5 Å². The topological polar surface area (TPSA) is 46.3 Å². The predicted molar refractivity (Wildman–Crippen MR) is 104 cm³/mol. The molecule has 4 rings (SSSR count). The fourth-order valence-corrected chi connectivity index (χ4v) is 3.72. The molecule has 3 aromatic heterocycles. The van der Waals surface area contributed by atoms with Crippen LogP contribution in [0.3, 0.4) is 0 Å². The second kappa shape index (κ2) is 6.77. The summed E-state index contributed by atoms with van der Waals surface area (Å²) >= 11 is 1.65. The summed E-state index contributed by atoms with van der Waals surface area (Å²) in [5.41, 5.74) is 2.09. The molecule has 0 radical (unpaired) electrons.